The van der Waals surface area contributed by atoms with Gasteiger partial charge in [0.15, 0.2) is 0 Å². The quantitative estimate of drug-likeness (QED) is 0.181. The predicted octanol–water partition coefficient (Wildman–Crippen LogP) is 12.8. The van der Waals surface area contributed by atoms with Crippen LogP contribution in [0, 0.1) is 0 Å². The highest BCUT2D eigenvalue weighted by Crippen LogP contribution is 2.45. The number of nitrogens with zero attached hydrogens (tertiary/aromatic N) is 2. The van der Waals surface area contributed by atoms with Crippen molar-refractivity contribution in [3.63, 3.8) is 0 Å². The Morgan fingerprint density at radius 1 is 0.260 bits per heavy atom. The van der Waals surface area contributed by atoms with E-state index in [2.05, 4.69) is 168 Å². The fraction of sp³-hybridized carbons (Fsp3) is 0. The smallest absolute Gasteiger partial charge is 0.0701 e. The zero-order valence-corrected chi connectivity index (χ0v) is 27.4. The molecule has 2 nitrogen and oxygen atoms in total. The molecule has 234 valence electrons. The SMILES string of the molecule is c1ccc(-c2ccc(-c3cc(-c4ccc(-c5ccccn5)cc4)c(-c4cccc5ccccc45)cc3-c3cccc4ccccc34)cc2)nc1. The van der Waals surface area contributed by atoms with Crippen LogP contribution in [0.2, 0.25) is 0 Å². The lowest BCUT2D eigenvalue weighted by molar-refractivity contribution is 1.33. The van der Waals surface area contributed by atoms with Gasteiger partial charge in [-0.2, -0.15) is 0 Å². The first-order valence-electron chi connectivity index (χ1n) is 17.0. The molecule has 0 saturated carbocycles. The number of hydrogen-bond acceptors (Lipinski definition) is 2. The maximum atomic E-state index is 4.60. The lowest BCUT2D eigenvalue weighted by atomic mass is 9.83. The van der Waals surface area contributed by atoms with Crippen molar-refractivity contribution in [3.8, 4) is 67.0 Å². The summed E-state index contributed by atoms with van der Waals surface area (Å²) in [5.41, 5.74) is 13.6. The van der Waals surface area contributed by atoms with Crippen LogP contribution in [0.15, 0.2) is 194 Å². The van der Waals surface area contributed by atoms with Gasteiger partial charge >= 0.3 is 0 Å². The summed E-state index contributed by atoms with van der Waals surface area (Å²) in [4.78, 5) is 9.20. The van der Waals surface area contributed by atoms with Gasteiger partial charge in [0.05, 0.1) is 11.4 Å². The van der Waals surface area contributed by atoms with Gasteiger partial charge in [0.2, 0.25) is 0 Å². The standard InChI is InChI=1S/C48H32N2/c1-3-15-39-33(11-1)13-9-17-41(39)45-32-46(42-18-10-14-34-12-2-4-16-40(34)42)44(36-23-27-38(28-24-36)48-20-6-8-30-50-48)31-43(45)35-21-25-37(26-22-35)47-19-5-7-29-49-47/h1-32H. The summed E-state index contributed by atoms with van der Waals surface area (Å²) in [6.07, 6.45) is 3.69. The van der Waals surface area contributed by atoms with Gasteiger partial charge in [-0.15, -0.1) is 0 Å². The Morgan fingerprint density at radius 2 is 0.640 bits per heavy atom. The molecule has 0 spiro atoms. The molecule has 2 heteroatoms. The van der Waals surface area contributed by atoms with Gasteiger partial charge in [-0.05, 0) is 102 Å². The highest BCUT2D eigenvalue weighted by atomic mass is 14.7. The number of pyridine rings is 2. The summed E-state index contributed by atoms with van der Waals surface area (Å²) in [6, 6.07) is 65.2. The van der Waals surface area contributed by atoms with Crippen molar-refractivity contribution in [2.24, 2.45) is 0 Å². The average molecular weight is 637 g/mol. The molecule has 9 aromatic rings. The predicted molar refractivity (Wildman–Crippen MR) is 210 cm³/mol. The molecule has 50 heavy (non-hydrogen) atoms. The molecule has 2 aromatic heterocycles. The van der Waals surface area contributed by atoms with Crippen molar-refractivity contribution in [1.82, 2.24) is 9.97 Å². The van der Waals surface area contributed by atoms with Crippen molar-refractivity contribution in [2.45, 2.75) is 0 Å². The molecule has 9 rings (SSSR count). The van der Waals surface area contributed by atoms with Crippen molar-refractivity contribution in [3.05, 3.63) is 194 Å². The summed E-state index contributed by atoms with van der Waals surface area (Å²) in [5, 5.41) is 4.92. The average Bonchev–Trinajstić information content (AvgIpc) is 3.21. The zero-order chi connectivity index (χ0) is 33.3. The molecule has 0 unspecified atom stereocenters. The molecule has 0 bridgehead atoms. The molecule has 2 heterocycles. The van der Waals surface area contributed by atoms with Gasteiger partial charge in [0, 0.05) is 23.5 Å². The number of fused-ring (bicyclic) bond motifs is 2. The third-order valence-corrected chi connectivity index (χ3v) is 9.63. The Labute approximate surface area is 292 Å². The van der Waals surface area contributed by atoms with Crippen LogP contribution in [0.1, 0.15) is 0 Å². The van der Waals surface area contributed by atoms with Crippen LogP contribution in [-0.2, 0) is 0 Å². The first kappa shape index (κ1) is 29.5. The lowest BCUT2D eigenvalue weighted by Crippen LogP contribution is -1.94. The molecule has 0 aliphatic rings. The zero-order valence-electron chi connectivity index (χ0n) is 27.4. The summed E-state index contributed by atoms with van der Waals surface area (Å²) in [7, 11) is 0. The number of aromatic nitrogens is 2. The minimum atomic E-state index is 0.966. The van der Waals surface area contributed by atoms with E-state index in [0.717, 1.165) is 33.6 Å². The third kappa shape index (κ3) is 5.43. The molecular formula is C48H32N2. The number of benzene rings is 7. The van der Waals surface area contributed by atoms with Gasteiger partial charge in [-0.3, -0.25) is 9.97 Å². The Kier molecular flexibility index (Phi) is 7.53. The molecule has 0 radical (unpaired) electrons. The lowest BCUT2D eigenvalue weighted by Gasteiger charge is -2.20. The normalized spacial score (nSPS) is 11.2. The molecule has 0 aliphatic carbocycles. The van der Waals surface area contributed by atoms with Crippen LogP contribution >= 0.6 is 0 Å². The summed E-state index contributed by atoms with van der Waals surface area (Å²) < 4.78 is 0. The van der Waals surface area contributed by atoms with Crippen molar-refractivity contribution in [1.29, 1.82) is 0 Å². The van der Waals surface area contributed by atoms with E-state index in [0.29, 0.717) is 0 Å². The Morgan fingerprint density at radius 3 is 1.08 bits per heavy atom. The Bertz CT molecular complexity index is 2420. The molecule has 0 aliphatic heterocycles. The second kappa shape index (κ2) is 12.8. The fourth-order valence-corrected chi connectivity index (χ4v) is 7.15. The second-order valence-corrected chi connectivity index (χ2v) is 12.6. The first-order chi connectivity index (χ1) is 24.8. The number of hydrogen-bond donors (Lipinski definition) is 0. The first-order valence-corrected chi connectivity index (χ1v) is 17.0. The molecule has 0 fully saturated rings. The fourth-order valence-electron chi connectivity index (χ4n) is 7.15. The van der Waals surface area contributed by atoms with Gasteiger partial charge in [0.25, 0.3) is 0 Å². The highest BCUT2D eigenvalue weighted by Gasteiger charge is 2.19. The third-order valence-electron chi connectivity index (χ3n) is 9.63. The minimum absolute atomic E-state index is 0.966. The summed E-state index contributed by atoms with van der Waals surface area (Å²) >= 11 is 0. The van der Waals surface area contributed by atoms with E-state index in [1.807, 2.05) is 36.7 Å². The maximum absolute atomic E-state index is 4.60. The van der Waals surface area contributed by atoms with E-state index >= 15 is 0 Å². The molecule has 0 saturated heterocycles. The van der Waals surface area contributed by atoms with Gasteiger partial charge in [-0.25, -0.2) is 0 Å². The minimum Gasteiger partial charge on any atom is -0.256 e. The molecule has 0 N–H and O–H groups in total. The van der Waals surface area contributed by atoms with E-state index < -0.39 is 0 Å². The van der Waals surface area contributed by atoms with Crippen LogP contribution in [0.5, 0.6) is 0 Å². The van der Waals surface area contributed by atoms with Gasteiger partial charge in [-0.1, -0.05) is 146 Å². The van der Waals surface area contributed by atoms with Crippen LogP contribution in [-0.4, -0.2) is 9.97 Å². The van der Waals surface area contributed by atoms with Gasteiger partial charge in [0.1, 0.15) is 0 Å². The van der Waals surface area contributed by atoms with E-state index in [4.69, 9.17) is 0 Å². The van der Waals surface area contributed by atoms with E-state index in [1.165, 1.54) is 54.9 Å². The largest absolute Gasteiger partial charge is 0.256 e. The Hall–Kier alpha value is -6.64. The van der Waals surface area contributed by atoms with Crippen LogP contribution in [0.25, 0.3) is 88.6 Å². The topological polar surface area (TPSA) is 25.8 Å². The van der Waals surface area contributed by atoms with Crippen LogP contribution < -0.4 is 0 Å². The van der Waals surface area contributed by atoms with Crippen LogP contribution in [0.3, 0.4) is 0 Å². The van der Waals surface area contributed by atoms with Crippen molar-refractivity contribution in [2.75, 3.05) is 0 Å². The Balaban J connectivity index is 1.32. The van der Waals surface area contributed by atoms with Crippen LogP contribution in [0.4, 0.5) is 0 Å². The molecule has 7 aromatic carbocycles. The molecule has 0 amide bonds. The van der Waals surface area contributed by atoms with E-state index in [1.54, 1.807) is 0 Å². The number of rotatable bonds is 6. The van der Waals surface area contributed by atoms with E-state index in [-0.39, 0.29) is 0 Å². The monoisotopic (exact) mass is 636 g/mol. The van der Waals surface area contributed by atoms with E-state index in [9.17, 15) is 0 Å². The van der Waals surface area contributed by atoms with Crippen molar-refractivity contribution >= 4 is 21.5 Å². The maximum Gasteiger partial charge on any atom is 0.0701 e. The summed E-state index contributed by atoms with van der Waals surface area (Å²) in [6.45, 7) is 0. The highest BCUT2D eigenvalue weighted by molar-refractivity contribution is 6.07. The van der Waals surface area contributed by atoms with Gasteiger partial charge < -0.3 is 0 Å². The second-order valence-electron chi connectivity index (χ2n) is 12.6. The van der Waals surface area contributed by atoms with Crippen molar-refractivity contribution < 1.29 is 0 Å². The molecule has 0 atom stereocenters. The molecular weight excluding hydrogens is 605 g/mol. The summed E-state index contributed by atoms with van der Waals surface area (Å²) in [5.74, 6) is 0.